The number of rotatable bonds is 4. The molecule has 1 atom stereocenters. The largest absolute Gasteiger partial charge is 0.323 e. The van der Waals surface area contributed by atoms with E-state index in [2.05, 4.69) is 4.98 Å². The molecular weight excluding hydrogens is 262 g/mol. The molecule has 17 heavy (non-hydrogen) atoms. The predicted octanol–water partition coefficient (Wildman–Crippen LogP) is 3.21. The Kier molecular flexibility index (Phi) is 4.09. The Labute approximate surface area is 106 Å². The Morgan fingerprint density at radius 2 is 2.24 bits per heavy atom. The molecule has 1 unspecified atom stereocenters. The van der Waals surface area contributed by atoms with E-state index in [0.29, 0.717) is 5.75 Å². The number of nitrogens with two attached hydrogens (primary N) is 1. The van der Waals surface area contributed by atoms with Gasteiger partial charge in [-0.2, -0.15) is 0 Å². The summed E-state index contributed by atoms with van der Waals surface area (Å²) in [6.07, 6.45) is 1.70. The third-order valence-corrected chi connectivity index (χ3v) is 4.24. The first-order chi connectivity index (χ1) is 8.16. The van der Waals surface area contributed by atoms with Crippen LogP contribution >= 0.6 is 23.1 Å². The molecule has 1 aromatic carbocycles. The number of benzene rings is 1. The number of thioether (sulfide) groups is 1. The van der Waals surface area contributed by atoms with Gasteiger partial charge in [-0.05, 0) is 18.2 Å². The van der Waals surface area contributed by atoms with Crippen LogP contribution in [0.15, 0.2) is 34.1 Å². The number of hydrogen-bond donors (Lipinski definition) is 1. The predicted molar refractivity (Wildman–Crippen MR) is 66.1 cm³/mol. The molecule has 0 aliphatic rings. The highest BCUT2D eigenvalue weighted by Gasteiger charge is 2.13. The smallest absolute Gasteiger partial charge is 0.149 e. The molecule has 0 aliphatic carbocycles. The van der Waals surface area contributed by atoms with E-state index in [1.807, 2.05) is 5.38 Å². The molecule has 2 aromatic rings. The van der Waals surface area contributed by atoms with Crippen LogP contribution in [0.1, 0.15) is 11.6 Å². The van der Waals surface area contributed by atoms with Gasteiger partial charge in [-0.15, -0.1) is 11.3 Å². The molecule has 0 bridgehead atoms. The third-order valence-electron chi connectivity index (χ3n) is 2.15. The zero-order valence-corrected chi connectivity index (χ0v) is 10.4. The second kappa shape index (κ2) is 5.57. The second-order valence-corrected chi connectivity index (χ2v) is 5.54. The van der Waals surface area contributed by atoms with Crippen LogP contribution < -0.4 is 5.73 Å². The summed E-state index contributed by atoms with van der Waals surface area (Å²) in [5, 5.41) is 1.86. The van der Waals surface area contributed by atoms with Crippen molar-refractivity contribution in [2.45, 2.75) is 10.4 Å². The maximum absolute atomic E-state index is 13.4. The van der Waals surface area contributed by atoms with Crippen LogP contribution in [0.25, 0.3) is 0 Å². The molecule has 1 heterocycles. The number of nitrogens with zero attached hydrogens (tertiary/aromatic N) is 1. The average molecular weight is 272 g/mol. The fraction of sp³-hybridized carbons (Fsp3) is 0.182. The summed E-state index contributed by atoms with van der Waals surface area (Å²) in [7, 11) is 0. The van der Waals surface area contributed by atoms with Crippen LogP contribution in [0.3, 0.4) is 0 Å². The van der Waals surface area contributed by atoms with E-state index in [-0.39, 0.29) is 5.56 Å². The summed E-state index contributed by atoms with van der Waals surface area (Å²) in [4.78, 5) is 4.08. The highest BCUT2D eigenvalue weighted by Crippen LogP contribution is 2.26. The van der Waals surface area contributed by atoms with E-state index >= 15 is 0 Å². The Balaban J connectivity index is 2.04. The van der Waals surface area contributed by atoms with Gasteiger partial charge in [0.1, 0.15) is 16.0 Å². The number of aromatic nitrogens is 1. The first kappa shape index (κ1) is 12.5. The summed E-state index contributed by atoms with van der Waals surface area (Å²) < 4.78 is 27.3. The third kappa shape index (κ3) is 3.24. The lowest BCUT2D eigenvalue weighted by Crippen LogP contribution is -2.15. The minimum atomic E-state index is -0.542. The molecule has 2 nitrogen and oxygen atoms in total. The van der Waals surface area contributed by atoms with Crippen LogP contribution in [-0.4, -0.2) is 10.7 Å². The summed E-state index contributed by atoms with van der Waals surface area (Å²) >= 11 is 2.93. The van der Waals surface area contributed by atoms with E-state index in [1.54, 1.807) is 6.20 Å². The molecule has 2 rings (SSSR count). The quantitative estimate of drug-likeness (QED) is 0.869. The number of halogens is 2. The van der Waals surface area contributed by atoms with Crippen LogP contribution in [0.5, 0.6) is 0 Å². The lowest BCUT2D eigenvalue weighted by Gasteiger charge is -2.11. The minimum absolute atomic E-state index is 0.203. The van der Waals surface area contributed by atoms with E-state index in [9.17, 15) is 8.78 Å². The van der Waals surface area contributed by atoms with Gasteiger partial charge in [0.2, 0.25) is 0 Å². The highest BCUT2D eigenvalue weighted by molar-refractivity contribution is 8.01. The van der Waals surface area contributed by atoms with Gasteiger partial charge in [-0.3, -0.25) is 0 Å². The Hall–Kier alpha value is -0.980. The Morgan fingerprint density at radius 3 is 2.94 bits per heavy atom. The minimum Gasteiger partial charge on any atom is -0.323 e. The van der Waals surface area contributed by atoms with Gasteiger partial charge in [0.25, 0.3) is 0 Å². The van der Waals surface area contributed by atoms with E-state index in [0.717, 1.165) is 22.5 Å². The van der Waals surface area contributed by atoms with Crippen LogP contribution in [0, 0.1) is 11.6 Å². The van der Waals surface area contributed by atoms with Crippen molar-refractivity contribution in [2.24, 2.45) is 5.73 Å². The van der Waals surface area contributed by atoms with E-state index in [1.165, 1.54) is 23.1 Å². The molecule has 0 fully saturated rings. The maximum Gasteiger partial charge on any atom is 0.149 e. The van der Waals surface area contributed by atoms with Gasteiger partial charge < -0.3 is 5.73 Å². The normalized spacial score (nSPS) is 12.6. The van der Waals surface area contributed by atoms with Gasteiger partial charge >= 0.3 is 0 Å². The SMILES string of the molecule is NC(CSc1nccs1)c1cc(F)ccc1F. The molecule has 0 radical (unpaired) electrons. The summed E-state index contributed by atoms with van der Waals surface area (Å²) in [5.74, 6) is -0.483. The topological polar surface area (TPSA) is 38.9 Å². The Bertz CT molecular complexity index is 488. The van der Waals surface area contributed by atoms with Crippen molar-refractivity contribution >= 4 is 23.1 Å². The molecule has 0 amide bonds. The van der Waals surface area contributed by atoms with Crippen molar-refractivity contribution in [1.82, 2.24) is 4.98 Å². The lowest BCUT2D eigenvalue weighted by molar-refractivity contribution is 0.573. The standard InChI is InChI=1S/C11H10F2N2S2/c12-7-1-2-9(13)8(5-7)10(14)6-17-11-15-3-4-16-11/h1-5,10H,6,14H2. The summed E-state index contributed by atoms with van der Waals surface area (Å²) in [5.41, 5.74) is 6.03. The molecule has 90 valence electrons. The molecular formula is C11H10F2N2S2. The second-order valence-electron chi connectivity index (χ2n) is 3.38. The molecule has 6 heteroatoms. The Morgan fingerprint density at radius 1 is 1.41 bits per heavy atom. The van der Waals surface area contributed by atoms with Crippen molar-refractivity contribution in [3.8, 4) is 0 Å². The molecule has 1 aromatic heterocycles. The van der Waals surface area contributed by atoms with Gasteiger partial charge in [0.05, 0.1) is 0 Å². The fourth-order valence-corrected chi connectivity index (χ4v) is 2.97. The van der Waals surface area contributed by atoms with Crippen molar-refractivity contribution in [3.05, 3.63) is 47.0 Å². The van der Waals surface area contributed by atoms with Crippen molar-refractivity contribution in [3.63, 3.8) is 0 Å². The van der Waals surface area contributed by atoms with E-state index in [4.69, 9.17) is 5.73 Å². The monoisotopic (exact) mass is 272 g/mol. The summed E-state index contributed by atoms with van der Waals surface area (Å²) in [6.45, 7) is 0. The summed E-state index contributed by atoms with van der Waals surface area (Å²) in [6, 6.07) is 2.78. The van der Waals surface area contributed by atoms with E-state index < -0.39 is 17.7 Å². The van der Waals surface area contributed by atoms with Crippen molar-refractivity contribution < 1.29 is 8.78 Å². The molecule has 0 saturated heterocycles. The van der Waals surface area contributed by atoms with Gasteiger partial charge in [-0.25, -0.2) is 13.8 Å². The lowest BCUT2D eigenvalue weighted by atomic mass is 10.1. The van der Waals surface area contributed by atoms with Gasteiger partial charge in [0.15, 0.2) is 0 Å². The van der Waals surface area contributed by atoms with Crippen molar-refractivity contribution in [1.29, 1.82) is 0 Å². The first-order valence-electron chi connectivity index (χ1n) is 4.89. The average Bonchev–Trinajstić information content (AvgIpc) is 2.82. The zero-order valence-electron chi connectivity index (χ0n) is 8.77. The fourth-order valence-electron chi connectivity index (χ4n) is 1.33. The number of hydrogen-bond acceptors (Lipinski definition) is 4. The zero-order chi connectivity index (χ0) is 12.3. The van der Waals surface area contributed by atoms with Gasteiger partial charge in [-0.1, -0.05) is 11.8 Å². The highest BCUT2D eigenvalue weighted by atomic mass is 32.2. The molecule has 2 N–H and O–H groups in total. The van der Waals surface area contributed by atoms with Crippen molar-refractivity contribution in [2.75, 3.05) is 5.75 Å². The van der Waals surface area contributed by atoms with Gasteiger partial charge in [0, 0.05) is 28.9 Å². The van der Waals surface area contributed by atoms with Crippen LogP contribution in [0.2, 0.25) is 0 Å². The van der Waals surface area contributed by atoms with Crippen LogP contribution in [-0.2, 0) is 0 Å². The number of thiazole rings is 1. The molecule has 0 saturated carbocycles. The first-order valence-corrected chi connectivity index (χ1v) is 6.76. The maximum atomic E-state index is 13.4. The van der Waals surface area contributed by atoms with Crippen LogP contribution in [0.4, 0.5) is 8.78 Å². The molecule has 0 aliphatic heterocycles. The molecule has 0 spiro atoms.